The van der Waals surface area contributed by atoms with Gasteiger partial charge in [-0.1, -0.05) is 11.6 Å². The summed E-state index contributed by atoms with van der Waals surface area (Å²) in [7, 11) is 0. The smallest absolute Gasteiger partial charge is 0.337 e. The molecule has 1 fully saturated rings. The van der Waals surface area contributed by atoms with Crippen LogP contribution in [-0.2, 0) is 4.79 Å². The van der Waals surface area contributed by atoms with Crippen molar-refractivity contribution >= 4 is 40.9 Å². The summed E-state index contributed by atoms with van der Waals surface area (Å²) in [5.41, 5.74) is 0.283. The SMILES string of the molecule is O=C(CSC1CCNCC1)Nc1ccc(Cl)cc1C(=O)O. The zero-order chi connectivity index (χ0) is 15.2. The van der Waals surface area contributed by atoms with E-state index in [-0.39, 0.29) is 17.2 Å². The predicted octanol–water partition coefficient (Wildman–Crippen LogP) is 2.46. The van der Waals surface area contributed by atoms with Crippen LogP contribution in [0.2, 0.25) is 5.02 Å². The van der Waals surface area contributed by atoms with Crippen LogP contribution in [0.4, 0.5) is 5.69 Å². The van der Waals surface area contributed by atoms with Crippen molar-refractivity contribution in [2.24, 2.45) is 0 Å². The summed E-state index contributed by atoms with van der Waals surface area (Å²) in [6, 6.07) is 4.40. The normalized spacial score (nSPS) is 15.7. The number of anilines is 1. The number of piperidine rings is 1. The second-order valence-electron chi connectivity index (χ2n) is 4.80. The molecule has 0 bridgehead atoms. The molecule has 1 aromatic rings. The minimum atomic E-state index is -1.11. The van der Waals surface area contributed by atoms with Crippen molar-refractivity contribution in [3.63, 3.8) is 0 Å². The Morgan fingerprint density at radius 1 is 1.38 bits per heavy atom. The van der Waals surface area contributed by atoms with Crippen molar-refractivity contribution < 1.29 is 14.7 Å². The Bertz CT molecular complexity index is 533. The summed E-state index contributed by atoms with van der Waals surface area (Å²) in [5.74, 6) is -0.978. The van der Waals surface area contributed by atoms with Crippen LogP contribution in [0.1, 0.15) is 23.2 Å². The fourth-order valence-corrected chi connectivity index (χ4v) is 3.34. The lowest BCUT2D eigenvalue weighted by molar-refractivity contribution is -0.113. The second-order valence-corrected chi connectivity index (χ2v) is 6.53. The van der Waals surface area contributed by atoms with Crippen molar-refractivity contribution in [2.75, 3.05) is 24.2 Å². The van der Waals surface area contributed by atoms with E-state index in [1.807, 2.05) is 0 Å². The molecule has 7 heteroatoms. The zero-order valence-corrected chi connectivity index (χ0v) is 13.0. The van der Waals surface area contributed by atoms with Crippen molar-refractivity contribution in [1.29, 1.82) is 0 Å². The van der Waals surface area contributed by atoms with Crippen LogP contribution in [0.3, 0.4) is 0 Å². The minimum absolute atomic E-state index is 0.00252. The first-order chi connectivity index (χ1) is 10.1. The van der Waals surface area contributed by atoms with E-state index in [1.165, 1.54) is 12.1 Å². The molecule has 0 radical (unpaired) electrons. The number of nitrogens with one attached hydrogen (secondary N) is 2. The lowest BCUT2D eigenvalue weighted by Crippen LogP contribution is -2.30. The van der Waals surface area contributed by atoms with Gasteiger partial charge in [0.25, 0.3) is 0 Å². The van der Waals surface area contributed by atoms with Gasteiger partial charge in [0, 0.05) is 10.3 Å². The molecule has 1 saturated heterocycles. The van der Waals surface area contributed by atoms with E-state index in [9.17, 15) is 9.59 Å². The van der Waals surface area contributed by atoms with Gasteiger partial charge in [-0.05, 0) is 44.1 Å². The summed E-state index contributed by atoms with van der Waals surface area (Å²) in [6.45, 7) is 1.97. The second kappa shape index (κ2) is 7.68. The van der Waals surface area contributed by atoms with Crippen molar-refractivity contribution in [3.05, 3.63) is 28.8 Å². The number of carboxylic acids is 1. The lowest BCUT2D eigenvalue weighted by Gasteiger charge is -2.21. The van der Waals surface area contributed by atoms with E-state index < -0.39 is 5.97 Å². The van der Waals surface area contributed by atoms with Crippen molar-refractivity contribution in [2.45, 2.75) is 18.1 Å². The number of aromatic carboxylic acids is 1. The number of carboxylic acid groups (broad SMARTS) is 1. The number of hydrogen-bond acceptors (Lipinski definition) is 4. The van der Waals surface area contributed by atoms with Crippen LogP contribution in [0.5, 0.6) is 0 Å². The van der Waals surface area contributed by atoms with Crippen LogP contribution in [0.15, 0.2) is 18.2 Å². The molecular weight excluding hydrogens is 312 g/mol. The number of thioether (sulfide) groups is 1. The van der Waals surface area contributed by atoms with Gasteiger partial charge in [-0.25, -0.2) is 4.79 Å². The monoisotopic (exact) mass is 328 g/mol. The molecule has 0 spiro atoms. The maximum absolute atomic E-state index is 11.9. The Balaban J connectivity index is 1.91. The Kier molecular flexibility index (Phi) is 5.90. The first-order valence-electron chi connectivity index (χ1n) is 6.71. The van der Waals surface area contributed by atoms with Gasteiger partial charge in [0.05, 0.1) is 17.0 Å². The van der Waals surface area contributed by atoms with E-state index in [0.29, 0.717) is 16.0 Å². The lowest BCUT2D eigenvalue weighted by atomic mass is 10.2. The third kappa shape index (κ3) is 4.91. The summed E-state index contributed by atoms with van der Waals surface area (Å²) < 4.78 is 0. The molecule has 2 rings (SSSR count). The molecular formula is C14H17ClN2O3S. The Morgan fingerprint density at radius 3 is 2.76 bits per heavy atom. The van der Waals surface area contributed by atoms with Crippen molar-refractivity contribution in [1.82, 2.24) is 5.32 Å². The quantitative estimate of drug-likeness (QED) is 0.774. The van der Waals surface area contributed by atoms with Crippen molar-refractivity contribution in [3.8, 4) is 0 Å². The molecule has 1 amide bonds. The van der Waals surface area contributed by atoms with E-state index in [0.717, 1.165) is 25.9 Å². The van der Waals surface area contributed by atoms with Gasteiger partial charge in [-0.15, -0.1) is 11.8 Å². The maximum Gasteiger partial charge on any atom is 0.337 e. The maximum atomic E-state index is 11.9. The van der Waals surface area contributed by atoms with Gasteiger partial charge in [0.1, 0.15) is 0 Å². The molecule has 1 aromatic carbocycles. The fourth-order valence-electron chi connectivity index (χ4n) is 2.14. The summed E-state index contributed by atoms with van der Waals surface area (Å²) in [6.07, 6.45) is 2.11. The Morgan fingerprint density at radius 2 is 2.10 bits per heavy atom. The van der Waals surface area contributed by atoms with Gasteiger partial charge in [0.2, 0.25) is 5.91 Å². The Hall–Kier alpha value is -1.24. The standard InChI is InChI=1S/C14H17ClN2O3S/c15-9-1-2-12(11(7-9)14(19)20)17-13(18)8-21-10-3-5-16-6-4-10/h1-2,7,10,16H,3-6,8H2,(H,17,18)(H,19,20). The number of hydrogen-bond donors (Lipinski definition) is 3. The molecule has 114 valence electrons. The van der Waals surface area contributed by atoms with Crippen LogP contribution in [0, 0.1) is 0 Å². The van der Waals surface area contributed by atoms with Crippen LogP contribution in [0.25, 0.3) is 0 Å². The number of halogens is 1. The van der Waals surface area contributed by atoms with E-state index in [4.69, 9.17) is 16.7 Å². The van der Waals surface area contributed by atoms with Crippen LogP contribution >= 0.6 is 23.4 Å². The molecule has 0 aromatic heterocycles. The number of benzene rings is 1. The largest absolute Gasteiger partial charge is 0.478 e. The first-order valence-corrected chi connectivity index (χ1v) is 8.14. The number of rotatable bonds is 5. The highest BCUT2D eigenvalue weighted by Gasteiger charge is 2.17. The van der Waals surface area contributed by atoms with Gasteiger partial charge < -0.3 is 15.7 Å². The average molecular weight is 329 g/mol. The third-order valence-electron chi connectivity index (χ3n) is 3.22. The molecule has 0 atom stereocenters. The summed E-state index contributed by atoms with van der Waals surface area (Å²) in [4.78, 5) is 23.1. The summed E-state index contributed by atoms with van der Waals surface area (Å²) in [5, 5.41) is 15.8. The molecule has 1 aliphatic rings. The number of amides is 1. The third-order valence-corrected chi connectivity index (χ3v) is 4.83. The van der Waals surface area contributed by atoms with Gasteiger partial charge >= 0.3 is 5.97 Å². The molecule has 3 N–H and O–H groups in total. The molecule has 0 unspecified atom stereocenters. The molecule has 0 saturated carbocycles. The zero-order valence-electron chi connectivity index (χ0n) is 11.4. The van der Waals surface area contributed by atoms with Gasteiger partial charge in [0.15, 0.2) is 0 Å². The van der Waals surface area contributed by atoms with E-state index in [1.54, 1.807) is 17.8 Å². The average Bonchev–Trinajstić information content (AvgIpc) is 2.48. The number of carbonyl (C=O) groups is 2. The van der Waals surface area contributed by atoms with E-state index >= 15 is 0 Å². The van der Waals surface area contributed by atoms with Crippen LogP contribution < -0.4 is 10.6 Å². The predicted molar refractivity (Wildman–Crippen MR) is 85.4 cm³/mol. The minimum Gasteiger partial charge on any atom is -0.478 e. The van der Waals surface area contributed by atoms with E-state index in [2.05, 4.69) is 10.6 Å². The highest BCUT2D eigenvalue weighted by atomic mass is 35.5. The summed E-state index contributed by atoms with van der Waals surface area (Å²) >= 11 is 7.39. The highest BCUT2D eigenvalue weighted by molar-refractivity contribution is 8.00. The molecule has 0 aliphatic carbocycles. The van der Waals surface area contributed by atoms with Crippen LogP contribution in [-0.4, -0.2) is 41.1 Å². The van der Waals surface area contributed by atoms with Gasteiger partial charge in [-0.3, -0.25) is 4.79 Å². The molecule has 21 heavy (non-hydrogen) atoms. The molecule has 1 heterocycles. The fraction of sp³-hybridized carbons (Fsp3) is 0.429. The van der Waals surface area contributed by atoms with Gasteiger partial charge in [-0.2, -0.15) is 0 Å². The Labute approximate surface area is 132 Å². The topological polar surface area (TPSA) is 78.4 Å². The number of carbonyl (C=O) groups excluding carboxylic acids is 1. The molecule has 5 nitrogen and oxygen atoms in total. The highest BCUT2D eigenvalue weighted by Crippen LogP contribution is 2.23. The first kappa shape index (κ1) is 16.1. The molecule has 1 aliphatic heterocycles.